The average molecular weight is 264 g/mol. The maximum absolute atomic E-state index is 10.6. The first-order chi connectivity index (χ1) is 9.15. The number of hydrogen-bond donors (Lipinski definition) is 2. The number of hydrogen-bond acceptors (Lipinski definition) is 5. The Balaban J connectivity index is 1.72. The molecule has 0 aliphatic carbocycles. The molecule has 0 aliphatic heterocycles. The molecule has 0 radical (unpaired) electrons. The topological polar surface area (TPSA) is 97.9 Å². The first kappa shape index (κ1) is 13.2. The van der Waals surface area contributed by atoms with Crippen molar-refractivity contribution in [1.29, 1.82) is 0 Å². The number of aromatic carboxylic acids is 1. The number of aromatic nitrogens is 5. The molecule has 1 atom stereocenters. The Labute approximate surface area is 110 Å². The molecule has 8 heteroatoms. The maximum atomic E-state index is 10.6. The number of nitrogens with one attached hydrogen (secondary N) is 1. The molecular formula is C11H16N6O2. The molecular weight excluding hydrogens is 248 g/mol. The van der Waals surface area contributed by atoms with E-state index in [9.17, 15) is 4.79 Å². The first-order valence-corrected chi connectivity index (χ1v) is 5.99. The van der Waals surface area contributed by atoms with Gasteiger partial charge in [-0.05, 0) is 13.0 Å². The van der Waals surface area contributed by atoms with E-state index in [1.165, 1.54) is 10.9 Å². The normalized spacial score (nSPS) is 12.5. The molecule has 19 heavy (non-hydrogen) atoms. The van der Waals surface area contributed by atoms with Crippen molar-refractivity contribution in [1.82, 2.24) is 30.1 Å². The number of carboxylic acid groups (broad SMARTS) is 1. The van der Waals surface area contributed by atoms with Gasteiger partial charge in [0.15, 0.2) is 5.69 Å². The zero-order valence-corrected chi connectivity index (χ0v) is 10.6. The van der Waals surface area contributed by atoms with E-state index in [4.69, 9.17) is 5.11 Å². The summed E-state index contributed by atoms with van der Waals surface area (Å²) >= 11 is 0. The van der Waals surface area contributed by atoms with Crippen LogP contribution in [0.15, 0.2) is 24.7 Å². The second-order valence-corrected chi connectivity index (χ2v) is 4.26. The third-order valence-electron chi connectivity index (χ3n) is 2.61. The van der Waals surface area contributed by atoms with E-state index in [0.29, 0.717) is 13.1 Å². The van der Waals surface area contributed by atoms with Crippen molar-refractivity contribution < 1.29 is 9.90 Å². The number of carboxylic acids is 1. The Kier molecular flexibility index (Phi) is 4.24. The van der Waals surface area contributed by atoms with Gasteiger partial charge in [-0.2, -0.15) is 5.10 Å². The highest BCUT2D eigenvalue weighted by Crippen LogP contribution is 1.93. The molecule has 0 saturated carbocycles. The second-order valence-electron chi connectivity index (χ2n) is 4.26. The maximum Gasteiger partial charge on any atom is 0.358 e. The van der Waals surface area contributed by atoms with Crippen LogP contribution < -0.4 is 5.32 Å². The van der Waals surface area contributed by atoms with E-state index in [1.807, 2.05) is 16.9 Å². The summed E-state index contributed by atoms with van der Waals surface area (Å²) in [5, 5.41) is 23.4. The van der Waals surface area contributed by atoms with Gasteiger partial charge in [0, 0.05) is 25.0 Å². The van der Waals surface area contributed by atoms with Crippen molar-refractivity contribution in [2.24, 2.45) is 0 Å². The molecule has 0 fully saturated rings. The molecule has 2 N–H and O–H groups in total. The fraction of sp³-hybridized carbons (Fsp3) is 0.455. The van der Waals surface area contributed by atoms with Crippen molar-refractivity contribution in [3.63, 3.8) is 0 Å². The minimum atomic E-state index is -1.06. The monoisotopic (exact) mass is 264 g/mol. The molecule has 2 aromatic rings. The van der Waals surface area contributed by atoms with E-state index in [2.05, 4.69) is 27.7 Å². The summed E-state index contributed by atoms with van der Waals surface area (Å²) in [6, 6.07) is 2.15. The molecule has 8 nitrogen and oxygen atoms in total. The highest BCUT2D eigenvalue weighted by atomic mass is 16.4. The SMILES string of the molecule is CC(Cn1cccn1)NCCn1cc(C(=O)O)nn1. The van der Waals surface area contributed by atoms with Crippen LogP contribution >= 0.6 is 0 Å². The molecule has 0 aliphatic rings. The van der Waals surface area contributed by atoms with E-state index >= 15 is 0 Å². The fourth-order valence-electron chi connectivity index (χ4n) is 1.68. The van der Waals surface area contributed by atoms with Gasteiger partial charge in [-0.3, -0.25) is 9.36 Å². The summed E-state index contributed by atoms with van der Waals surface area (Å²) in [4.78, 5) is 10.6. The number of nitrogens with zero attached hydrogens (tertiary/aromatic N) is 5. The first-order valence-electron chi connectivity index (χ1n) is 5.99. The Morgan fingerprint density at radius 1 is 1.53 bits per heavy atom. The van der Waals surface area contributed by atoms with Gasteiger partial charge in [0.25, 0.3) is 0 Å². The summed E-state index contributed by atoms with van der Waals surface area (Å²) in [7, 11) is 0. The van der Waals surface area contributed by atoms with Gasteiger partial charge in [0.2, 0.25) is 0 Å². The quantitative estimate of drug-likeness (QED) is 0.721. The highest BCUT2D eigenvalue weighted by Gasteiger charge is 2.08. The Bertz CT molecular complexity index is 521. The van der Waals surface area contributed by atoms with Crippen LogP contribution in [0.3, 0.4) is 0 Å². The summed E-state index contributed by atoms with van der Waals surface area (Å²) in [5.41, 5.74) is -0.0374. The van der Waals surface area contributed by atoms with Gasteiger partial charge >= 0.3 is 5.97 Å². The predicted molar refractivity (Wildman–Crippen MR) is 66.7 cm³/mol. The predicted octanol–water partition coefficient (Wildman–Crippen LogP) is -0.149. The lowest BCUT2D eigenvalue weighted by molar-refractivity contribution is 0.0690. The minimum Gasteiger partial charge on any atom is -0.476 e. The zero-order chi connectivity index (χ0) is 13.7. The van der Waals surface area contributed by atoms with Crippen molar-refractivity contribution in [3.05, 3.63) is 30.4 Å². The zero-order valence-electron chi connectivity index (χ0n) is 10.6. The van der Waals surface area contributed by atoms with Crippen LogP contribution in [0.4, 0.5) is 0 Å². The summed E-state index contributed by atoms with van der Waals surface area (Å²) in [5.74, 6) is -1.06. The van der Waals surface area contributed by atoms with E-state index in [0.717, 1.165) is 6.54 Å². The van der Waals surface area contributed by atoms with E-state index in [-0.39, 0.29) is 11.7 Å². The van der Waals surface area contributed by atoms with Crippen LogP contribution in [-0.4, -0.2) is 48.4 Å². The molecule has 2 aromatic heterocycles. The van der Waals surface area contributed by atoms with Crippen LogP contribution in [0, 0.1) is 0 Å². The fourth-order valence-corrected chi connectivity index (χ4v) is 1.68. The van der Waals surface area contributed by atoms with Crippen LogP contribution in [0.5, 0.6) is 0 Å². The third-order valence-corrected chi connectivity index (χ3v) is 2.61. The number of carbonyl (C=O) groups is 1. The van der Waals surface area contributed by atoms with Crippen LogP contribution in [0.25, 0.3) is 0 Å². The Hall–Kier alpha value is -2.22. The lowest BCUT2D eigenvalue weighted by atomic mass is 10.3. The molecule has 0 amide bonds. The Morgan fingerprint density at radius 2 is 2.37 bits per heavy atom. The van der Waals surface area contributed by atoms with Gasteiger partial charge in [-0.25, -0.2) is 4.79 Å². The molecule has 2 rings (SSSR count). The molecule has 0 saturated heterocycles. The van der Waals surface area contributed by atoms with Crippen LogP contribution in [-0.2, 0) is 13.1 Å². The van der Waals surface area contributed by atoms with Crippen molar-refractivity contribution >= 4 is 5.97 Å². The standard InChI is InChI=1S/C11H16N6O2/c1-9(7-16-5-2-3-13-16)12-4-6-17-8-10(11(18)19)14-15-17/h2-3,5,8-9,12H,4,6-7H2,1H3,(H,18,19). The molecule has 1 unspecified atom stereocenters. The average Bonchev–Trinajstić information content (AvgIpc) is 3.00. The largest absolute Gasteiger partial charge is 0.476 e. The van der Waals surface area contributed by atoms with Gasteiger partial charge in [0.05, 0.1) is 19.3 Å². The summed E-state index contributed by atoms with van der Waals surface area (Å²) < 4.78 is 3.37. The molecule has 0 aromatic carbocycles. The van der Waals surface area contributed by atoms with E-state index < -0.39 is 5.97 Å². The molecule has 102 valence electrons. The summed E-state index contributed by atoms with van der Waals surface area (Å²) in [6.07, 6.45) is 5.08. The van der Waals surface area contributed by atoms with Gasteiger partial charge in [-0.15, -0.1) is 5.10 Å². The van der Waals surface area contributed by atoms with Gasteiger partial charge < -0.3 is 10.4 Å². The minimum absolute atomic E-state index is 0.0374. The van der Waals surface area contributed by atoms with Crippen molar-refractivity contribution in [2.45, 2.75) is 26.1 Å². The van der Waals surface area contributed by atoms with Crippen molar-refractivity contribution in [3.8, 4) is 0 Å². The summed E-state index contributed by atoms with van der Waals surface area (Å²) in [6.45, 7) is 4.10. The lowest BCUT2D eigenvalue weighted by Crippen LogP contribution is -2.33. The molecule has 2 heterocycles. The number of rotatable bonds is 7. The second kappa shape index (κ2) is 6.10. The van der Waals surface area contributed by atoms with Crippen LogP contribution in [0.2, 0.25) is 0 Å². The Morgan fingerprint density at radius 3 is 3.00 bits per heavy atom. The lowest BCUT2D eigenvalue weighted by Gasteiger charge is -2.13. The van der Waals surface area contributed by atoms with Crippen LogP contribution in [0.1, 0.15) is 17.4 Å². The smallest absolute Gasteiger partial charge is 0.358 e. The third kappa shape index (κ3) is 3.88. The van der Waals surface area contributed by atoms with Crippen molar-refractivity contribution in [2.75, 3.05) is 6.54 Å². The highest BCUT2D eigenvalue weighted by molar-refractivity contribution is 5.84. The van der Waals surface area contributed by atoms with Gasteiger partial charge in [0.1, 0.15) is 0 Å². The van der Waals surface area contributed by atoms with Gasteiger partial charge in [-0.1, -0.05) is 5.21 Å². The molecule has 0 spiro atoms. The molecule has 0 bridgehead atoms. The van der Waals surface area contributed by atoms with E-state index in [1.54, 1.807) is 6.20 Å².